The summed E-state index contributed by atoms with van der Waals surface area (Å²) in [5.41, 5.74) is 1.70. The Labute approximate surface area is 137 Å². The van der Waals surface area contributed by atoms with Crippen molar-refractivity contribution in [2.45, 2.75) is 13.8 Å². The van der Waals surface area contributed by atoms with E-state index < -0.39 is 24.3 Å². The first-order chi connectivity index (χ1) is 10.8. The molecule has 0 aliphatic rings. The van der Waals surface area contributed by atoms with Gasteiger partial charge in [-0.15, -0.1) is 0 Å². The maximum atomic E-state index is 13.6. The van der Waals surface area contributed by atoms with Crippen LogP contribution in [0.2, 0.25) is 5.02 Å². The van der Waals surface area contributed by atoms with Crippen molar-refractivity contribution in [1.82, 2.24) is 9.78 Å². The Bertz CT molecular complexity index is 774. The molecule has 0 saturated carbocycles. The van der Waals surface area contributed by atoms with Crippen LogP contribution < -0.4 is 5.32 Å². The number of halogens is 2. The lowest BCUT2D eigenvalue weighted by molar-refractivity contribution is -0.119. The summed E-state index contributed by atoms with van der Waals surface area (Å²) in [6, 6.07) is 3.57. The van der Waals surface area contributed by atoms with Crippen LogP contribution in [0.3, 0.4) is 0 Å². The van der Waals surface area contributed by atoms with E-state index in [0.29, 0.717) is 11.4 Å². The second-order valence-electron chi connectivity index (χ2n) is 4.92. The van der Waals surface area contributed by atoms with Crippen molar-refractivity contribution in [2.24, 2.45) is 7.05 Å². The number of nitrogens with zero attached hydrogens (tertiary/aromatic N) is 2. The highest BCUT2D eigenvalue weighted by Crippen LogP contribution is 2.18. The topological polar surface area (TPSA) is 73.2 Å². The lowest BCUT2D eigenvalue weighted by Gasteiger charge is -2.07. The average molecular weight is 340 g/mol. The van der Waals surface area contributed by atoms with Gasteiger partial charge in [-0.1, -0.05) is 11.6 Å². The lowest BCUT2D eigenvalue weighted by atomic mass is 10.2. The molecule has 1 aromatic carbocycles. The van der Waals surface area contributed by atoms with E-state index in [0.717, 1.165) is 11.8 Å². The van der Waals surface area contributed by atoms with Gasteiger partial charge in [-0.3, -0.25) is 9.48 Å². The summed E-state index contributed by atoms with van der Waals surface area (Å²) < 4.78 is 20.0. The summed E-state index contributed by atoms with van der Waals surface area (Å²) in [4.78, 5) is 23.6. The van der Waals surface area contributed by atoms with Crippen molar-refractivity contribution in [3.05, 3.63) is 46.0 Å². The number of benzene rings is 1. The number of aromatic nitrogens is 2. The van der Waals surface area contributed by atoms with Crippen LogP contribution in [0.1, 0.15) is 21.7 Å². The van der Waals surface area contributed by atoms with Crippen LogP contribution >= 0.6 is 11.6 Å². The molecular formula is C15H15ClFN3O3. The van der Waals surface area contributed by atoms with Gasteiger partial charge in [0.05, 0.1) is 22.6 Å². The summed E-state index contributed by atoms with van der Waals surface area (Å²) in [5.74, 6) is -2.28. The van der Waals surface area contributed by atoms with Gasteiger partial charge in [-0.25, -0.2) is 9.18 Å². The highest BCUT2D eigenvalue weighted by molar-refractivity contribution is 6.30. The van der Waals surface area contributed by atoms with Crippen molar-refractivity contribution in [3.8, 4) is 0 Å². The van der Waals surface area contributed by atoms with Crippen LogP contribution in [-0.2, 0) is 16.6 Å². The SMILES string of the molecule is Cc1nn(C)c(C)c1NC(=O)COC(=O)c1ccc(Cl)cc1F. The lowest BCUT2D eigenvalue weighted by Crippen LogP contribution is -2.22. The zero-order chi connectivity index (χ0) is 17.1. The Morgan fingerprint density at radius 2 is 2.09 bits per heavy atom. The Morgan fingerprint density at radius 3 is 2.65 bits per heavy atom. The number of rotatable bonds is 4. The smallest absolute Gasteiger partial charge is 0.341 e. The molecule has 1 heterocycles. The van der Waals surface area contributed by atoms with Crippen LogP contribution in [0.15, 0.2) is 18.2 Å². The maximum absolute atomic E-state index is 13.6. The van der Waals surface area contributed by atoms with Crippen molar-refractivity contribution in [3.63, 3.8) is 0 Å². The highest BCUT2D eigenvalue weighted by Gasteiger charge is 2.17. The maximum Gasteiger partial charge on any atom is 0.341 e. The van der Waals surface area contributed by atoms with Gasteiger partial charge in [0.15, 0.2) is 6.61 Å². The number of esters is 1. The number of hydrogen-bond acceptors (Lipinski definition) is 4. The van der Waals surface area contributed by atoms with E-state index in [1.807, 2.05) is 0 Å². The molecule has 23 heavy (non-hydrogen) atoms. The molecule has 0 atom stereocenters. The minimum absolute atomic E-state index is 0.166. The van der Waals surface area contributed by atoms with E-state index in [-0.39, 0.29) is 10.6 Å². The minimum atomic E-state index is -0.936. The molecule has 2 aromatic rings. The van der Waals surface area contributed by atoms with Crippen LogP contribution in [-0.4, -0.2) is 28.3 Å². The minimum Gasteiger partial charge on any atom is -0.452 e. The van der Waals surface area contributed by atoms with Crippen LogP contribution in [0.5, 0.6) is 0 Å². The Kier molecular flexibility index (Phi) is 5.00. The first-order valence-electron chi connectivity index (χ1n) is 6.72. The van der Waals surface area contributed by atoms with Gasteiger partial charge in [-0.05, 0) is 32.0 Å². The van der Waals surface area contributed by atoms with E-state index in [1.54, 1.807) is 25.6 Å². The molecule has 122 valence electrons. The van der Waals surface area contributed by atoms with Crippen molar-refractivity contribution >= 4 is 29.2 Å². The van der Waals surface area contributed by atoms with Crippen molar-refractivity contribution in [1.29, 1.82) is 0 Å². The number of ether oxygens (including phenoxy) is 1. The standard InChI is InChI=1S/C15H15ClFN3O3/c1-8-14(9(2)20(3)19-8)18-13(21)7-23-15(22)11-5-4-10(16)6-12(11)17/h4-6H,7H2,1-3H3,(H,18,21). The molecule has 1 aromatic heterocycles. The Morgan fingerprint density at radius 1 is 1.39 bits per heavy atom. The summed E-state index contributed by atoms with van der Waals surface area (Å²) in [6.07, 6.45) is 0. The monoisotopic (exact) mass is 339 g/mol. The molecule has 6 nitrogen and oxygen atoms in total. The molecule has 0 spiro atoms. The molecule has 0 unspecified atom stereocenters. The second kappa shape index (κ2) is 6.78. The summed E-state index contributed by atoms with van der Waals surface area (Å²) >= 11 is 5.61. The number of anilines is 1. The largest absolute Gasteiger partial charge is 0.452 e. The Hall–Kier alpha value is -2.41. The van der Waals surface area contributed by atoms with E-state index in [1.165, 1.54) is 12.1 Å². The highest BCUT2D eigenvalue weighted by atomic mass is 35.5. The fraction of sp³-hybridized carbons (Fsp3) is 0.267. The van der Waals surface area contributed by atoms with Gasteiger partial charge in [0.25, 0.3) is 5.91 Å². The molecule has 1 N–H and O–H groups in total. The van der Waals surface area contributed by atoms with E-state index in [2.05, 4.69) is 10.4 Å². The first kappa shape index (κ1) is 17.0. The molecule has 0 fully saturated rings. The molecule has 0 saturated heterocycles. The zero-order valence-electron chi connectivity index (χ0n) is 12.8. The number of aryl methyl sites for hydroxylation is 2. The average Bonchev–Trinajstić information content (AvgIpc) is 2.71. The van der Waals surface area contributed by atoms with Crippen LogP contribution in [0.25, 0.3) is 0 Å². The predicted molar refractivity (Wildman–Crippen MR) is 83.0 cm³/mol. The third kappa shape index (κ3) is 3.87. The fourth-order valence-electron chi connectivity index (χ4n) is 1.99. The van der Waals surface area contributed by atoms with Crippen LogP contribution in [0, 0.1) is 19.7 Å². The first-order valence-corrected chi connectivity index (χ1v) is 7.09. The Balaban J connectivity index is 1.97. The van der Waals surface area contributed by atoms with Crippen molar-refractivity contribution < 1.29 is 18.7 Å². The third-order valence-corrected chi connectivity index (χ3v) is 3.49. The van der Waals surface area contributed by atoms with Gasteiger partial charge < -0.3 is 10.1 Å². The summed E-state index contributed by atoms with van der Waals surface area (Å²) in [5, 5.41) is 6.94. The van der Waals surface area contributed by atoms with Gasteiger partial charge >= 0.3 is 5.97 Å². The zero-order valence-corrected chi connectivity index (χ0v) is 13.6. The van der Waals surface area contributed by atoms with E-state index in [4.69, 9.17) is 16.3 Å². The number of carbonyl (C=O) groups excluding carboxylic acids is 2. The van der Waals surface area contributed by atoms with Gasteiger partial charge in [0.1, 0.15) is 5.82 Å². The molecule has 1 amide bonds. The van der Waals surface area contributed by atoms with Gasteiger partial charge in [-0.2, -0.15) is 5.10 Å². The summed E-state index contributed by atoms with van der Waals surface area (Å²) in [6.45, 7) is 3.01. The number of nitrogens with one attached hydrogen (secondary N) is 1. The predicted octanol–water partition coefficient (Wildman–Crippen LogP) is 2.62. The second-order valence-corrected chi connectivity index (χ2v) is 5.35. The molecule has 0 bridgehead atoms. The number of hydrogen-bond donors (Lipinski definition) is 1. The molecule has 2 rings (SSSR count). The number of carbonyl (C=O) groups is 2. The van der Waals surface area contributed by atoms with Gasteiger partial charge in [0, 0.05) is 12.1 Å². The molecule has 0 aliphatic heterocycles. The van der Waals surface area contributed by atoms with Gasteiger partial charge in [0.2, 0.25) is 0 Å². The van der Waals surface area contributed by atoms with Crippen LogP contribution in [0.4, 0.5) is 10.1 Å². The van der Waals surface area contributed by atoms with E-state index in [9.17, 15) is 14.0 Å². The van der Waals surface area contributed by atoms with E-state index >= 15 is 0 Å². The van der Waals surface area contributed by atoms with Crippen molar-refractivity contribution in [2.75, 3.05) is 11.9 Å². The molecular weight excluding hydrogens is 325 g/mol. The molecule has 8 heteroatoms. The summed E-state index contributed by atoms with van der Waals surface area (Å²) in [7, 11) is 1.75. The third-order valence-electron chi connectivity index (χ3n) is 3.26. The fourth-order valence-corrected chi connectivity index (χ4v) is 2.15. The molecule has 0 aliphatic carbocycles. The quantitative estimate of drug-likeness (QED) is 0.869. The molecule has 0 radical (unpaired) electrons. The number of amides is 1. The normalized spacial score (nSPS) is 10.5.